The molecular weight excluding hydrogens is 176 g/mol. The summed E-state index contributed by atoms with van der Waals surface area (Å²) in [5.74, 6) is 1.89. The molecule has 0 fully saturated rings. The fourth-order valence-corrected chi connectivity index (χ4v) is 1.53. The maximum Gasteiger partial charge on any atom is 0.105 e. The lowest BCUT2D eigenvalue weighted by molar-refractivity contribution is 0.491. The molecule has 0 aliphatic heterocycles. The van der Waals surface area contributed by atoms with Crippen LogP contribution in [0, 0.1) is 25.2 Å². The molecule has 0 aromatic carbocycles. The SMILES string of the molecule is Cc1cc(C(C)NCCC#N)c(C)o1. The number of hydrogen-bond acceptors (Lipinski definition) is 3. The van der Waals surface area contributed by atoms with Gasteiger partial charge in [-0.05, 0) is 26.8 Å². The van der Waals surface area contributed by atoms with Crippen LogP contribution < -0.4 is 5.32 Å². The minimum atomic E-state index is 0.251. The summed E-state index contributed by atoms with van der Waals surface area (Å²) in [4.78, 5) is 0. The number of hydrogen-bond donors (Lipinski definition) is 1. The Morgan fingerprint density at radius 2 is 2.29 bits per heavy atom. The van der Waals surface area contributed by atoms with Crippen LogP contribution in [0.5, 0.6) is 0 Å². The molecule has 0 bridgehead atoms. The van der Waals surface area contributed by atoms with E-state index in [0.29, 0.717) is 6.42 Å². The topological polar surface area (TPSA) is 49.0 Å². The molecule has 3 nitrogen and oxygen atoms in total. The van der Waals surface area contributed by atoms with Crippen molar-refractivity contribution in [2.24, 2.45) is 0 Å². The molecule has 1 unspecified atom stereocenters. The quantitative estimate of drug-likeness (QED) is 0.745. The molecule has 0 amide bonds. The fourth-order valence-electron chi connectivity index (χ4n) is 1.53. The lowest BCUT2D eigenvalue weighted by Crippen LogP contribution is -2.19. The van der Waals surface area contributed by atoms with Gasteiger partial charge in [0.05, 0.1) is 6.07 Å². The molecule has 1 aromatic heterocycles. The summed E-state index contributed by atoms with van der Waals surface area (Å²) in [5, 5.41) is 11.7. The van der Waals surface area contributed by atoms with Crippen molar-refractivity contribution in [3.8, 4) is 6.07 Å². The van der Waals surface area contributed by atoms with E-state index in [1.54, 1.807) is 0 Å². The normalized spacial score (nSPS) is 12.4. The van der Waals surface area contributed by atoms with Gasteiger partial charge >= 0.3 is 0 Å². The van der Waals surface area contributed by atoms with Gasteiger partial charge in [0, 0.05) is 24.6 Å². The van der Waals surface area contributed by atoms with Gasteiger partial charge < -0.3 is 9.73 Å². The predicted molar refractivity (Wildman–Crippen MR) is 54.8 cm³/mol. The number of nitrogens with zero attached hydrogens (tertiary/aromatic N) is 1. The second kappa shape index (κ2) is 4.83. The molecule has 0 spiro atoms. The summed E-state index contributed by atoms with van der Waals surface area (Å²) in [7, 11) is 0. The van der Waals surface area contributed by atoms with E-state index in [1.165, 1.54) is 5.56 Å². The van der Waals surface area contributed by atoms with Crippen LogP contribution in [-0.2, 0) is 0 Å². The largest absolute Gasteiger partial charge is 0.466 e. The minimum absolute atomic E-state index is 0.251. The van der Waals surface area contributed by atoms with Gasteiger partial charge in [-0.15, -0.1) is 0 Å². The molecule has 0 aliphatic carbocycles. The molecular formula is C11H16N2O. The minimum Gasteiger partial charge on any atom is -0.466 e. The summed E-state index contributed by atoms with van der Waals surface area (Å²) in [5.41, 5.74) is 1.18. The van der Waals surface area contributed by atoms with Gasteiger partial charge in [0.1, 0.15) is 11.5 Å². The first kappa shape index (κ1) is 10.8. The van der Waals surface area contributed by atoms with Crippen molar-refractivity contribution < 1.29 is 4.42 Å². The van der Waals surface area contributed by atoms with E-state index >= 15 is 0 Å². The van der Waals surface area contributed by atoms with Gasteiger partial charge in [0.25, 0.3) is 0 Å². The van der Waals surface area contributed by atoms with Crippen molar-refractivity contribution in [3.63, 3.8) is 0 Å². The van der Waals surface area contributed by atoms with Gasteiger partial charge in [0.2, 0.25) is 0 Å². The molecule has 1 rings (SSSR count). The van der Waals surface area contributed by atoms with Crippen LogP contribution in [0.4, 0.5) is 0 Å². The van der Waals surface area contributed by atoms with Crippen molar-refractivity contribution in [2.45, 2.75) is 33.2 Å². The number of nitriles is 1. The Bertz CT molecular complexity index is 336. The molecule has 0 saturated heterocycles. The average molecular weight is 192 g/mol. The fraction of sp³-hybridized carbons (Fsp3) is 0.545. The molecule has 1 heterocycles. The van der Waals surface area contributed by atoms with E-state index in [9.17, 15) is 0 Å². The van der Waals surface area contributed by atoms with Crippen LogP contribution in [0.25, 0.3) is 0 Å². The summed E-state index contributed by atoms with van der Waals surface area (Å²) >= 11 is 0. The lowest BCUT2D eigenvalue weighted by Gasteiger charge is -2.11. The monoisotopic (exact) mass is 192 g/mol. The van der Waals surface area contributed by atoms with Crippen molar-refractivity contribution in [1.29, 1.82) is 5.26 Å². The molecule has 3 heteroatoms. The Labute approximate surface area is 84.7 Å². The van der Waals surface area contributed by atoms with Crippen LogP contribution in [0.3, 0.4) is 0 Å². The summed E-state index contributed by atoms with van der Waals surface area (Å²) < 4.78 is 5.44. The van der Waals surface area contributed by atoms with Crippen LogP contribution in [0.1, 0.15) is 36.5 Å². The smallest absolute Gasteiger partial charge is 0.105 e. The van der Waals surface area contributed by atoms with Gasteiger partial charge in [0.15, 0.2) is 0 Å². The molecule has 0 aliphatic rings. The van der Waals surface area contributed by atoms with Crippen LogP contribution in [-0.4, -0.2) is 6.54 Å². The Morgan fingerprint density at radius 1 is 1.57 bits per heavy atom. The molecule has 76 valence electrons. The zero-order valence-electron chi connectivity index (χ0n) is 8.92. The maximum atomic E-state index is 8.40. The molecule has 1 N–H and O–H groups in total. The first-order valence-electron chi connectivity index (χ1n) is 4.82. The van der Waals surface area contributed by atoms with E-state index in [2.05, 4.69) is 18.3 Å². The highest BCUT2D eigenvalue weighted by atomic mass is 16.3. The zero-order valence-corrected chi connectivity index (χ0v) is 8.92. The molecule has 1 aromatic rings. The highest BCUT2D eigenvalue weighted by Gasteiger charge is 2.11. The van der Waals surface area contributed by atoms with E-state index < -0.39 is 0 Å². The zero-order chi connectivity index (χ0) is 10.6. The Morgan fingerprint density at radius 3 is 2.79 bits per heavy atom. The van der Waals surface area contributed by atoms with Crippen LogP contribution in [0.15, 0.2) is 10.5 Å². The summed E-state index contributed by atoms with van der Waals surface area (Å²) in [6, 6.07) is 4.40. The summed E-state index contributed by atoms with van der Waals surface area (Å²) in [6.45, 7) is 6.71. The average Bonchev–Trinajstić information content (AvgIpc) is 2.45. The molecule has 0 saturated carbocycles. The molecule has 1 atom stereocenters. The van der Waals surface area contributed by atoms with Gasteiger partial charge in [-0.3, -0.25) is 0 Å². The lowest BCUT2D eigenvalue weighted by atomic mass is 10.1. The maximum absolute atomic E-state index is 8.40. The third-order valence-corrected chi connectivity index (χ3v) is 2.23. The predicted octanol–water partition coefficient (Wildman–Crippen LogP) is 2.46. The third kappa shape index (κ3) is 2.61. The number of aryl methyl sites for hydroxylation is 2. The number of rotatable bonds is 4. The summed E-state index contributed by atoms with van der Waals surface area (Å²) in [6.07, 6.45) is 0.542. The number of furan rings is 1. The Hall–Kier alpha value is -1.27. The van der Waals surface area contributed by atoms with Crippen molar-refractivity contribution in [3.05, 3.63) is 23.2 Å². The second-order valence-electron chi connectivity index (χ2n) is 3.45. The van der Waals surface area contributed by atoms with Gasteiger partial charge in [-0.1, -0.05) is 0 Å². The van der Waals surface area contributed by atoms with Gasteiger partial charge in [-0.2, -0.15) is 5.26 Å². The van der Waals surface area contributed by atoms with E-state index in [0.717, 1.165) is 18.1 Å². The van der Waals surface area contributed by atoms with Crippen molar-refractivity contribution in [1.82, 2.24) is 5.32 Å². The highest BCUT2D eigenvalue weighted by molar-refractivity contribution is 5.23. The van der Waals surface area contributed by atoms with Gasteiger partial charge in [-0.25, -0.2) is 0 Å². The second-order valence-corrected chi connectivity index (χ2v) is 3.45. The van der Waals surface area contributed by atoms with E-state index in [-0.39, 0.29) is 6.04 Å². The Kier molecular flexibility index (Phi) is 3.73. The van der Waals surface area contributed by atoms with Crippen molar-refractivity contribution in [2.75, 3.05) is 6.54 Å². The van der Waals surface area contributed by atoms with E-state index in [1.807, 2.05) is 19.9 Å². The van der Waals surface area contributed by atoms with Crippen molar-refractivity contribution >= 4 is 0 Å². The van der Waals surface area contributed by atoms with E-state index in [4.69, 9.17) is 9.68 Å². The van der Waals surface area contributed by atoms with Crippen LogP contribution >= 0.6 is 0 Å². The standard InChI is InChI=1S/C11H16N2O/c1-8-7-11(10(3)14-8)9(2)13-6-4-5-12/h7,9,13H,4,6H2,1-3H3. The first-order valence-corrected chi connectivity index (χ1v) is 4.82. The number of nitrogens with one attached hydrogen (secondary N) is 1. The van der Waals surface area contributed by atoms with Crippen LogP contribution in [0.2, 0.25) is 0 Å². The molecule has 14 heavy (non-hydrogen) atoms. The first-order chi connectivity index (χ1) is 6.65. The Balaban J connectivity index is 2.56. The highest BCUT2D eigenvalue weighted by Crippen LogP contribution is 2.20. The third-order valence-electron chi connectivity index (χ3n) is 2.23. The molecule has 0 radical (unpaired) electrons.